The molecule has 0 heterocycles. The fourth-order valence-corrected chi connectivity index (χ4v) is 3.52. The number of halogens is 1. The van der Waals surface area contributed by atoms with E-state index in [9.17, 15) is 13.2 Å². The summed E-state index contributed by atoms with van der Waals surface area (Å²) in [5.41, 5.74) is 0.235. The first-order valence-corrected chi connectivity index (χ1v) is 10.8. The van der Waals surface area contributed by atoms with Crippen molar-refractivity contribution in [2.45, 2.75) is 0 Å². The second kappa shape index (κ2) is 10.2. The smallest absolute Gasteiger partial charge is 0.240 e. The van der Waals surface area contributed by atoms with Gasteiger partial charge in [0.25, 0.3) is 0 Å². The van der Waals surface area contributed by atoms with Crippen LogP contribution in [0.15, 0.2) is 42.5 Å². The first-order valence-electron chi connectivity index (χ1n) is 8.60. The predicted octanol–water partition coefficient (Wildman–Crippen LogP) is 2.32. The molecule has 0 spiro atoms. The number of nitrogens with one attached hydrogen (secondary N) is 1. The average molecular weight is 443 g/mol. The molecule has 0 saturated heterocycles. The number of benzene rings is 2. The van der Waals surface area contributed by atoms with Gasteiger partial charge in [0.1, 0.15) is 30.4 Å². The highest BCUT2D eigenvalue weighted by molar-refractivity contribution is 7.92. The van der Waals surface area contributed by atoms with Gasteiger partial charge in [-0.3, -0.25) is 9.10 Å². The number of methoxy groups -OCH3 is 2. The molecule has 0 fully saturated rings. The van der Waals surface area contributed by atoms with Gasteiger partial charge in [-0.15, -0.1) is 0 Å². The van der Waals surface area contributed by atoms with Crippen LogP contribution in [0.2, 0.25) is 5.02 Å². The predicted molar refractivity (Wildman–Crippen MR) is 112 cm³/mol. The highest BCUT2D eigenvalue weighted by Crippen LogP contribution is 2.33. The lowest BCUT2D eigenvalue weighted by Crippen LogP contribution is -2.41. The molecule has 1 N–H and O–H groups in total. The Morgan fingerprint density at radius 3 is 2.45 bits per heavy atom. The molecule has 0 aliphatic rings. The van der Waals surface area contributed by atoms with Gasteiger partial charge in [0.2, 0.25) is 15.9 Å². The fraction of sp³-hybridized carbons (Fsp3) is 0.316. The van der Waals surface area contributed by atoms with Crippen molar-refractivity contribution in [1.29, 1.82) is 0 Å². The number of carbonyl (C=O) groups excluding carboxylic acids is 1. The van der Waals surface area contributed by atoms with E-state index >= 15 is 0 Å². The molecule has 0 unspecified atom stereocenters. The van der Waals surface area contributed by atoms with Crippen LogP contribution in [-0.2, 0) is 14.8 Å². The largest absolute Gasteiger partial charge is 0.497 e. The molecule has 0 radical (unpaired) electrons. The van der Waals surface area contributed by atoms with Gasteiger partial charge in [-0.05, 0) is 24.3 Å². The van der Waals surface area contributed by atoms with E-state index < -0.39 is 22.5 Å². The van der Waals surface area contributed by atoms with E-state index in [1.165, 1.54) is 20.3 Å². The normalized spacial score (nSPS) is 10.9. The fourth-order valence-electron chi connectivity index (χ4n) is 2.47. The maximum absolute atomic E-state index is 12.3. The van der Waals surface area contributed by atoms with Crippen LogP contribution in [0.4, 0.5) is 5.69 Å². The van der Waals surface area contributed by atoms with Crippen molar-refractivity contribution in [2.75, 3.05) is 44.5 Å². The van der Waals surface area contributed by atoms with Crippen LogP contribution in [0.25, 0.3) is 0 Å². The number of rotatable bonds is 10. The summed E-state index contributed by atoms with van der Waals surface area (Å²) in [6.45, 7) is -0.0464. The Morgan fingerprint density at radius 1 is 1.10 bits per heavy atom. The Balaban J connectivity index is 2.02. The third-order valence-electron chi connectivity index (χ3n) is 3.86. The Morgan fingerprint density at radius 2 is 1.83 bits per heavy atom. The molecule has 1 amide bonds. The third-order valence-corrected chi connectivity index (χ3v) is 5.30. The number of ether oxygens (including phenoxy) is 3. The molecule has 0 aliphatic carbocycles. The molecule has 0 bridgehead atoms. The standard InChI is InChI=1S/C19H23ClN2O6S/c1-26-14-8-9-16(18(12-14)27-2)22(29(3,24)25)13-19(23)21-10-11-28-17-7-5-4-6-15(17)20/h4-9,12H,10-11,13H2,1-3H3,(H,21,23). The van der Waals surface area contributed by atoms with Crippen LogP contribution < -0.4 is 23.8 Å². The molecule has 29 heavy (non-hydrogen) atoms. The maximum atomic E-state index is 12.3. The molecule has 2 rings (SSSR count). The summed E-state index contributed by atoms with van der Waals surface area (Å²) in [5, 5.41) is 3.09. The molecule has 0 aromatic heterocycles. The summed E-state index contributed by atoms with van der Waals surface area (Å²) in [6.07, 6.45) is 1.02. The number of nitrogens with zero attached hydrogens (tertiary/aromatic N) is 1. The second-order valence-electron chi connectivity index (χ2n) is 5.94. The minimum atomic E-state index is -3.74. The zero-order valence-corrected chi connectivity index (χ0v) is 17.9. The van der Waals surface area contributed by atoms with Crippen molar-refractivity contribution in [3.63, 3.8) is 0 Å². The Hall–Kier alpha value is -2.65. The first-order chi connectivity index (χ1) is 13.8. The molecule has 0 atom stereocenters. The molecular weight excluding hydrogens is 420 g/mol. The number of carbonyl (C=O) groups is 1. The molecule has 8 nitrogen and oxygen atoms in total. The average Bonchev–Trinajstić information content (AvgIpc) is 2.69. The van der Waals surface area contributed by atoms with Crippen molar-refractivity contribution in [1.82, 2.24) is 5.32 Å². The van der Waals surface area contributed by atoms with E-state index in [1.54, 1.807) is 36.4 Å². The molecule has 10 heteroatoms. The van der Waals surface area contributed by atoms with Crippen molar-refractivity contribution < 1.29 is 27.4 Å². The number of amides is 1. The topological polar surface area (TPSA) is 94.2 Å². The zero-order valence-electron chi connectivity index (χ0n) is 16.3. The van der Waals surface area contributed by atoms with Crippen LogP contribution in [0, 0.1) is 0 Å². The molecule has 2 aromatic carbocycles. The summed E-state index contributed by atoms with van der Waals surface area (Å²) < 4.78 is 41.4. The van der Waals surface area contributed by atoms with Crippen molar-refractivity contribution in [2.24, 2.45) is 0 Å². The summed E-state index contributed by atoms with van der Waals surface area (Å²) >= 11 is 6.00. The van der Waals surface area contributed by atoms with E-state index in [4.69, 9.17) is 25.8 Å². The van der Waals surface area contributed by atoms with Crippen LogP contribution in [-0.4, -0.2) is 54.5 Å². The van der Waals surface area contributed by atoms with Gasteiger partial charge in [-0.25, -0.2) is 8.42 Å². The summed E-state index contributed by atoms with van der Waals surface area (Å²) in [5.74, 6) is 0.782. The SMILES string of the molecule is COc1ccc(N(CC(=O)NCCOc2ccccc2Cl)S(C)(=O)=O)c(OC)c1. The highest BCUT2D eigenvalue weighted by atomic mass is 35.5. The molecule has 2 aromatic rings. The molecule has 0 aliphatic heterocycles. The van der Waals surface area contributed by atoms with Crippen LogP contribution in [0.5, 0.6) is 17.2 Å². The van der Waals surface area contributed by atoms with Gasteiger partial charge in [0.15, 0.2) is 0 Å². The maximum Gasteiger partial charge on any atom is 0.240 e. The van der Waals surface area contributed by atoms with Crippen LogP contribution >= 0.6 is 11.6 Å². The van der Waals surface area contributed by atoms with Gasteiger partial charge in [0.05, 0.1) is 37.7 Å². The summed E-state index contributed by atoms with van der Waals surface area (Å²) in [6, 6.07) is 11.6. The van der Waals surface area contributed by atoms with Gasteiger partial charge in [-0.1, -0.05) is 23.7 Å². The van der Waals surface area contributed by atoms with E-state index in [1.807, 2.05) is 0 Å². The Labute approximate surface area is 175 Å². The lowest BCUT2D eigenvalue weighted by atomic mass is 10.2. The Kier molecular flexibility index (Phi) is 7.98. The lowest BCUT2D eigenvalue weighted by molar-refractivity contribution is -0.119. The van der Waals surface area contributed by atoms with Crippen molar-refractivity contribution >= 4 is 33.2 Å². The van der Waals surface area contributed by atoms with Gasteiger partial charge >= 0.3 is 0 Å². The number of para-hydroxylation sites is 1. The zero-order chi connectivity index (χ0) is 21.4. The molecule has 158 valence electrons. The summed E-state index contributed by atoms with van der Waals surface area (Å²) in [7, 11) is -0.847. The minimum absolute atomic E-state index is 0.181. The summed E-state index contributed by atoms with van der Waals surface area (Å²) in [4.78, 5) is 12.3. The first kappa shape index (κ1) is 22.6. The van der Waals surface area contributed by atoms with E-state index in [0.29, 0.717) is 16.5 Å². The highest BCUT2D eigenvalue weighted by Gasteiger charge is 2.24. The van der Waals surface area contributed by atoms with E-state index in [2.05, 4.69) is 5.32 Å². The lowest BCUT2D eigenvalue weighted by Gasteiger charge is -2.24. The van der Waals surface area contributed by atoms with Gasteiger partial charge in [-0.2, -0.15) is 0 Å². The quantitative estimate of drug-likeness (QED) is 0.567. The second-order valence-corrected chi connectivity index (χ2v) is 8.25. The monoisotopic (exact) mass is 442 g/mol. The van der Waals surface area contributed by atoms with Crippen molar-refractivity contribution in [3.8, 4) is 17.2 Å². The van der Waals surface area contributed by atoms with Gasteiger partial charge < -0.3 is 19.5 Å². The number of anilines is 1. The Bertz CT molecular complexity index is 951. The number of hydrogen-bond acceptors (Lipinski definition) is 6. The number of hydrogen-bond donors (Lipinski definition) is 1. The number of sulfonamides is 1. The van der Waals surface area contributed by atoms with E-state index in [0.717, 1.165) is 10.6 Å². The van der Waals surface area contributed by atoms with Crippen LogP contribution in [0.1, 0.15) is 0 Å². The van der Waals surface area contributed by atoms with Crippen LogP contribution in [0.3, 0.4) is 0 Å². The van der Waals surface area contributed by atoms with Gasteiger partial charge in [0, 0.05) is 6.07 Å². The third kappa shape index (κ3) is 6.43. The molecule has 0 saturated carbocycles. The van der Waals surface area contributed by atoms with Crippen molar-refractivity contribution in [3.05, 3.63) is 47.5 Å². The molecular formula is C19H23ClN2O6S. The minimum Gasteiger partial charge on any atom is -0.497 e. The van der Waals surface area contributed by atoms with E-state index in [-0.39, 0.29) is 24.6 Å².